The van der Waals surface area contributed by atoms with Crippen LogP contribution in [-0.4, -0.2) is 25.2 Å². The van der Waals surface area contributed by atoms with Crippen molar-refractivity contribution in [3.05, 3.63) is 127 Å². The van der Waals surface area contributed by atoms with E-state index in [0.29, 0.717) is 5.57 Å². The first-order valence-electron chi connectivity index (χ1n) is 12.7. The van der Waals surface area contributed by atoms with E-state index in [1.165, 1.54) is 12.8 Å². The highest BCUT2D eigenvalue weighted by atomic mass is 16.5. The largest absolute Gasteiger partial charge is 0.457 e. The third kappa shape index (κ3) is 7.47. The van der Waals surface area contributed by atoms with E-state index in [1.54, 1.807) is 24.3 Å². The molecule has 0 aliphatic carbocycles. The summed E-state index contributed by atoms with van der Waals surface area (Å²) >= 11 is 0. The van der Waals surface area contributed by atoms with Crippen LogP contribution in [-0.2, 0) is 9.53 Å². The quantitative estimate of drug-likeness (QED) is 0.276. The molecule has 1 fully saturated rings. The average molecular weight is 496 g/mol. The number of carbonyl (C=O) groups excluding carboxylic acids is 1. The van der Waals surface area contributed by atoms with Crippen molar-refractivity contribution >= 4 is 17.2 Å². The van der Waals surface area contributed by atoms with Gasteiger partial charge in [0.05, 0.1) is 6.42 Å². The van der Waals surface area contributed by atoms with Gasteiger partial charge in [0.25, 0.3) is 0 Å². The molecular formula is C33H37NO3. The van der Waals surface area contributed by atoms with Gasteiger partial charge < -0.3 is 14.4 Å². The molecule has 0 spiro atoms. The maximum atomic E-state index is 12.5. The molecule has 4 heteroatoms. The highest BCUT2D eigenvalue weighted by molar-refractivity contribution is 5.85. The Morgan fingerprint density at radius 3 is 2.32 bits per heavy atom. The molecule has 2 aromatic carbocycles. The molecule has 0 bridgehead atoms. The Balaban J connectivity index is 0.000000555. The number of carbonyl (C=O) groups is 1. The van der Waals surface area contributed by atoms with E-state index in [4.69, 9.17) is 9.47 Å². The van der Waals surface area contributed by atoms with Crippen LogP contribution in [0.25, 0.3) is 5.57 Å². The maximum absolute atomic E-state index is 12.5. The fourth-order valence-electron chi connectivity index (χ4n) is 4.44. The van der Waals surface area contributed by atoms with Crippen molar-refractivity contribution in [2.45, 2.75) is 39.2 Å². The van der Waals surface area contributed by atoms with Gasteiger partial charge >= 0.3 is 5.97 Å². The lowest BCUT2D eigenvalue weighted by atomic mass is 9.91. The van der Waals surface area contributed by atoms with Gasteiger partial charge in [-0.25, -0.2) is 0 Å². The zero-order valence-electron chi connectivity index (χ0n) is 22.0. The number of allylic oxidation sites excluding steroid dienone is 5. The van der Waals surface area contributed by atoms with Crippen LogP contribution in [0.2, 0.25) is 0 Å². The number of benzene rings is 2. The van der Waals surface area contributed by atoms with Crippen molar-refractivity contribution < 1.29 is 14.3 Å². The summed E-state index contributed by atoms with van der Waals surface area (Å²) in [4.78, 5) is 14.9. The molecule has 2 aliphatic rings. The summed E-state index contributed by atoms with van der Waals surface area (Å²) in [5.41, 5.74) is 4.50. The SMILES string of the molecule is C=C/C=C\C(=C)CC(=O)OC(C)C1=C(C=C)/C(=C\C)Oc2cc(N3CCCC3)ccc21.c1ccccc1. The normalized spacial score (nSPS) is 16.4. The van der Waals surface area contributed by atoms with Crippen molar-refractivity contribution in [2.24, 2.45) is 0 Å². The van der Waals surface area contributed by atoms with Gasteiger partial charge in [0.2, 0.25) is 0 Å². The predicted molar refractivity (Wildman–Crippen MR) is 154 cm³/mol. The van der Waals surface area contributed by atoms with Crippen LogP contribution in [0.3, 0.4) is 0 Å². The molecule has 2 aromatic rings. The predicted octanol–water partition coefficient (Wildman–Crippen LogP) is 7.83. The second-order valence-corrected chi connectivity index (χ2v) is 8.88. The molecule has 2 heterocycles. The molecule has 0 N–H and O–H groups in total. The van der Waals surface area contributed by atoms with Crippen molar-refractivity contribution in [2.75, 3.05) is 18.0 Å². The molecular weight excluding hydrogens is 458 g/mol. The Kier molecular flexibility index (Phi) is 10.3. The number of hydrogen-bond donors (Lipinski definition) is 0. The zero-order chi connectivity index (χ0) is 26.6. The molecule has 4 rings (SSSR count). The number of fused-ring (bicyclic) bond motifs is 1. The van der Waals surface area contributed by atoms with Crippen LogP contribution < -0.4 is 9.64 Å². The summed E-state index contributed by atoms with van der Waals surface area (Å²) in [7, 11) is 0. The second kappa shape index (κ2) is 13.9. The summed E-state index contributed by atoms with van der Waals surface area (Å²) in [6, 6.07) is 18.3. The lowest BCUT2D eigenvalue weighted by Gasteiger charge is -2.29. The third-order valence-electron chi connectivity index (χ3n) is 6.19. The van der Waals surface area contributed by atoms with Gasteiger partial charge in [-0.3, -0.25) is 4.79 Å². The molecule has 2 aliphatic heterocycles. The first-order valence-corrected chi connectivity index (χ1v) is 12.7. The molecule has 0 amide bonds. The van der Waals surface area contributed by atoms with E-state index in [1.807, 2.05) is 56.3 Å². The van der Waals surface area contributed by atoms with Crippen LogP contribution in [0.1, 0.15) is 38.7 Å². The maximum Gasteiger partial charge on any atom is 0.310 e. The lowest BCUT2D eigenvalue weighted by molar-refractivity contribution is -0.144. The van der Waals surface area contributed by atoms with Gasteiger partial charge in [-0.1, -0.05) is 80.4 Å². The summed E-state index contributed by atoms with van der Waals surface area (Å²) < 4.78 is 12.0. The van der Waals surface area contributed by atoms with E-state index in [9.17, 15) is 4.79 Å². The standard InChI is InChI=1S/C27H31NO3.C6H6/c1-6-9-12-19(4)17-26(29)30-20(5)27-22(7-2)24(8-3)31-25-18-21(13-14-23(25)27)28-15-10-11-16-28;1-2-4-6-5-3-1/h6-9,12-14,18,20H,1-2,4,10-11,15-17H2,3,5H3;1-6H/b12-9-,24-8+;. The Hall–Kier alpha value is -4.05. The van der Waals surface area contributed by atoms with Crippen molar-refractivity contribution in [1.82, 2.24) is 0 Å². The summed E-state index contributed by atoms with van der Waals surface area (Å²) in [5.74, 6) is 1.17. The molecule has 1 unspecified atom stereocenters. The first-order chi connectivity index (χ1) is 18.0. The van der Waals surface area contributed by atoms with Crippen molar-refractivity contribution in [1.29, 1.82) is 0 Å². The van der Waals surface area contributed by atoms with Crippen LogP contribution in [0.5, 0.6) is 5.75 Å². The Bertz CT molecular complexity index is 1170. The third-order valence-corrected chi connectivity index (χ3v) is 6.19. The second-order valence-electron chi connectivity index (χ2n) is 8.88. The fourth-order valence-corrected chi connectivity index (χ4v) is 4.44. The minimum absolute atomic E-state index is 0.124. The monoisotopic (exact) mass is 495 g/mol. The smallest absolute Gasteiger partial charge is 0.310 e. The van der Waals surface area contributed by atoms with Crippen LogP contribution in [0, 0.1) is 0 Å². The highest BCUT2D eigenvalue weighted by Gasteiger charge is 2.29. The van der Waals surface area contributed by atoms with Crippen LogP contribution >= 0.6 is 0 Å². The molecule has 1 atom stereocenters. The first kappa shape index (κ1) is 27.5. The molecule has 0 saturated carbocycles. The Morgan fingerprint density at radius 2 is 1.76 bits per heavy atom. The van der Waals surface area contributed by atoms with Gasteiger partial charge in [-0.15, -0.1) is 0 Å². The summed E-state index contributed by atoms with van der Waals surface area (Å²) in [6.45, 7) is 17.4. The van der Waals surface area contributed by atoms with E-state index < -0.39 is 6.10 Å². The van der Waals surface area contributed by atoms with Crippen molar-refractivity contribution in [3.63, 3.8) is 0 Å². The Labute approximate surface area is 221 Å². The number of esters is 1. The molecule has 192 valence electrons. The van der Waals surface area contributed by atoms with Crippen LogP contribution in [0.15, 0.2) is 122 Å². The van der Waals surface area contributed by atoms with E-state index in [2.05, 4.69) is 42.8 Å². The zero-order valence-corrected chi connectivity index (χ0v) is 22.0. The van der Waals surface area contributed by atoms with Crippen molar-refractivity contribution in [3.8, 4) is 5.75 Å². The number of nitrogens with zero attached hydrogens (tertiary/aromatic N) is 1. The molecule has 37 heavy (non-hydrogen) atoms. The van der Waals surface area contributed by atoms with Gasteiger partial charge in [0.15, 0.2) is 0 Å². The van der Waals surface area contributed by atoms with E-state index in [-0.39, 0.29) is 12.4 Å². The topological polar surface area (TPSA) is 38.8 Å². The number of anilines is 1. The van der Waals surface area contributed by atoms with Gasteiger partial charge in [-0.05, 0) is 50.5 Å². The van der Waals surface area contributed by atoms with Gasteiger partial charge in [-0.2, -0.15) is 0 Å². The fraction of sp³-hybridized carbons (Fsp3) is 0.242. The minimum atomic E-state index is -0.466. The lowest BCUT2D eigenvalue weighted by Crippen LogP contribution is -2.22. The number of rotatable bonds is 8. The van der Waals surface area contributed by atoms with Gasteiger partial charge in [0, 0.05) is 41.6 Å². The van der Waals surface area contributed by atoms with Gasteiger partial charge in [0.1, 0.15) is 17.6 Å². The van der Waals surface area contributed by atoms with E-state index in [0.717, 1.165) is 47.0 Å². The minimum Gasteiger partial charge on any atom is -0.457 e. The molecule has 4 nitrogen and oxygen atoms in total. The average Bonchev–Trinajstić information content (AvgIpc) is 3.46. The number of hydrogen-bond acceptors (Lipinski definition) is 4. The Morgan fingerprint density at radius 1 is 1.11 bits per heavy atom. The number of ether oxygens (including phenoxy) is 2. The summed E-state index contributed by atoms with van der Waals surface area (Å²) in [5, 5.41) is 0. The molecule has 0 aromatic heterocycles. The molecule has 0 radical (unpaired) electrons. The highest BCUT2D eigenvalue weighted by Crippen LogP contribution is 2.42. The molecule has 1 saturated heterocycles. The van der Waals surface area contributed by atoms with Crippen LogP contribution in [0.4, 0.5) is 5.69 Å². The van der Waals surface area contributed by atoms with E-state index >= 15 is 0 Å². The summed E-state index contributed by atoms with van der Waals surface area (Å²) in [6.07, 6.45) is 10.9.